The third-order valence-corrected chi connectivity index (χ3v) is 5.39. The molecule has 0 unspecified atom stereocenters. The Morgan fingerprint density at radius 1 is 1.14 bits per heavy atom. The fourth-order valence-corrected chi connectivity index (χ4v) is 3.58. The Labute approximate surface area is 172 Å². The number of hydrogen-bond donors (Lipinski definition) is 0. The largest absolute Gasteiger partial charge is 0.497 e. The summed E-state index contributed by atoms with van der Waals surface area (Å²) in [7, 11) is 1.62. The molecule has 1 aliphatic rings. The number of benzene rings is 1. The first-order chi connectivity index (χ1) is 14.2. The van der Waals surface area contributed by atoms with Crippen molar-refractivity contribution in [2.75, 3.05) is 39.2 Å². The predicted molar refractivity (Wildman–Crippen MR) is 108 cm³/mol. The number of carbonyl (C=O) groups is 1. The minimum absolute atomic E-state index is 0.102. The third kappa shape index (κ3) is 4.75. The van der Waals surface area contributed by atoms with Gasteiger partial charge in [-0.3, -0.25) is 4.79 Å². The van der Waals surface area contributed by atoms with E-state index >= 15 is 0 Å². The standard InChI is InChI=1S/C20H20N4O4S/c1-26-16-5-2-14(3-6-16)19-22-20(28-23-19)15-4-7-17(21-12-15)29-13-18(25)24-8-10-27-11-9-24/h2-7,12H,8-11,13H2,1H3. The molecule has 0 radical (unpaired) electrons. The molecule has 1 fully saturated rings. The molecular weight excluding hydrogens is 392 g/mol. The van der Waals surface area contributed by atoms with Crippen molar-refractivity contribution in [3.8, 4) is 28.6 Å². The zero-order chi connectivity index (χ0) is 20.1. The van der Waals surface area contributed by atoms with E-state index < -0.39 is 0 Å². The number of nitrogens with zero attached hydrogens (tertiary/aromatic N) is 4. The summed E-state index contributed by atoms with van der Waals surface area (Å²) in [6.07, 6.45) is 1.67. The molecule has 150 valence electrons. The van der Waals surface area contributed by atoms with Crippen LogP contribution in [-0.2, 0) is 9.53 Å². The van der Waals surface area contributed by atoms with Crippen LogP contribution in [0.1, 0.15) is 0 Å². The molecule has 0 saturated carbocycles. The van der Waals surface area contributed by atoms with Crippen molar-refractivity contribution in [2.45, 2.75) is 5.03 Å². The summed E-state index contributed by atoms with van der Waals surface area (Å²) in [5, 5.41) is 4.80. The molecule has 3 heterocycles. The lowest BCUT2D eigenvalue weighted by Crippen LogP contribution is -2.41. The number of morpholine rings is 1. The molecule has 0 N–H and O–H groups in total. The zero-order valence-corrected chi connectivity index (χ0v) is 16.7. The van der Waals surface area contributed by atoms with Gasteiger partial charge < -0.3 is 18.9 Å². The van der Waals surface area contributed by atoms with Gasteiger partial charge >= 0.3 is 0 Å². The fraction of sp³-hybridized carbons (Fsp3) is 0.300. The van der Waals surface area contributed by atoms with Crippen LogP contribution in [0.2, 0.25) is 0 Å². The number of methoxy groups -OCH3 is 1. The summed E-state index contributed by atoms with van der Waals surface area (Å²) in [4.78, 5) is 22.9. The van der Waals surface area contributed by atoms with E-state index in [0.717, 1.165) is 21.9 Å². The molecule has 4 rings (SSSR count). The van der Waals surface area contributed by atoms with Crippen molar-refractivity contribution in [2.24, 2.45) is 0 Å². The number of amides is 1. The minimum atomic E-state index is 0.102. The Bertz CT molecular complexity index is 953. The number of carbonyl (C=O) groups excluding carboxylic acids is 1. The van der Waals surface area contributed by atoms with E-state index in [1.807, 2.05) is 41.3 Å². The van der Waals surface area contributed by atoms with Gasteiger partial charge in [-0.05, 0) is 36.4 Å². The normalized spacial score (nSPS) is 14.0. The Balaban J connectivity index is 1.37. The molecule has 3 aromatic rings. The molecule has 0 spiro atoms. The van der Waals surface area contributed by atoms with Crippen LogP contribution in [0.3, 0.4) is 0 Å². The van der Waals surface area contributed by atoms with Crippen LogP contribution in [0.5, 0.6) is 5.75 Å². The van der Waals surface area contributed by atoms with Crippen LogP contribution in [0.15, 0.2) is 52.1 Å². The molecule has 0 bridgehead atoms. The van der Waals surface area contributed by atoms with Crippen molar-refractivity contribution in [1.29, 1.82) is 0 Å². The molecule has 0 atom stereocenters. The van der Waals surface area contributed by atoms with Gasteiger partial charge in [0.1, 0.15) is 5.75 Å². The van der Waals surface area contributed by atoms with Gasteiger partial charge in [0.15, 0.2) is 0 Å². The molecule has 29 heavy (non-hydrogen) atoms. The lowest BCUT2D eigenvalue weighted by Gasteiger charge is -2.26. The van der Waals surface area contributed by atoms with Gasteiger partial charge in [0, 0.05) is 24.8 Å². The van der Waals surface area contributed by atoms with Gasteiger partial charge in [0.25, 0.3) is 5.89 Å². The smallest absolute Gasteiger partial charge is 0.259 e. The number of hydrogen-bond acceptors (Lipinski definition) is 8. The second kappa shape index (κ2) is 9.06. The van der Waals surface area contributed by atoms with Gasteiger partial charge in [0.2, 0.25) is 11.7 Å². The van der Waals surface area contributed by atoms with Crippen molar-refractivity contribution < 1.29 is 18.8 Å². The van der Waals surface area contributed by atoms with Gasteiger partial charge in [-0.2, -0.15) is 4.98 Å². The van der Waals surface area contributed by atoms with E-state index in [4.69, 9.17) is 14.0 Å². The van der Waals surface area contributed by atoms with E-state index in [2.05, 4.69) is 15.1 Å². The summed E-state index contributed by atoms with van der Waals surface area (Å²) in [5.74, 6) is 2.11. The minimum Gasteiger partial charge on any atom is -0.497 e. The zero-order valence-electron chi connectivity index (χ0n) is 15.9. The number of ether oxygens (including phenoxy) is 2. The Kier molecular flexibility index (Phi) is 6.06. The highest BCUT2D eigenvalue weighted by Gasteiger charge is 2.17. The van der Waals surface area contributed by atoms with Gasteiger partial charge in [-0.15, -0.1) is 0 Å². The van der Waals surface area contributed by atoms with E-state index in [1.165, 1.54) is 11.8 Å². The second-order valence-corrected chi connectivity index (χ2v) is 7.31. The monoisotopic (exact) mass is 412 g/mol. The summed E-state index contributed by atoms with van der Waals surface area (Å²) < 4.78 is 15.8. The Hall–Kier alpha value is -2.91. The maximum atomic E-state index is 12.2. The number of thioether (sulfide) groups is 1. The SMILES string of the molecule is COc1ccc(-c2noc(-c3ccc(SCC(=O)N4CCOCC4)nc3)n2)cc1. The molecule has 1 aromatic carbocycles. The molecule has 0 aliphatic carbocycles. The highest BCUT2D eigenvalue weighted by molar-refractivity contribution is 7.99. The summed E-state index contributed by atoms with van der Waals surface area (Å²) in [6.45, 7) is 2.51. The fourth-order valence-electron chi connectivity index (χ4n) is 2.83. The molecule has 1 aliphatic heterocycles. The lowest BCUT2D eigenvalue weighted by atomic mass is 10.2. The molecule has 9 heteroatoms. The van der Waals surface area contributed by atoms with Crippen LogP contribution < -0.4 is 4.74 Å². The van der Waals surface area contributed by atoms with Gasteiger partial charge in [-0.25, -0.2) is 4.98 Å². The van der Waals surface area contributed by atoms with E-state index in [9.17, 15) is 4.79 Å². The van der Waals surface area contributed by atoms with Gasteiger partial charge in [0.05, 0.1) is 36.7 Å². The maximum absolute atomic E-state index is 12.2. The average molecular weight is 412 g/mol. The van der Waals surface area contributed by atoms with Crippen LogP contribution in [-0.4, -0.2) is 65.1 Å². The third-order valence-electron chi connectivity index (χ3n) is 4.46. The maximum Gasteiger partial charge on any atom is 0.259 e. The molecular formula is C20H20N4O4S. The Morgan fingerprint density at radius 3 is 2.59 bits per heavy atom. The molecule has 1 amide bonds. The van der Waals surface area contributed by atoms with Crippen molar-refractivity contribution in [1.82, 2.24) is 20.0 Å². The topological polar surface area (TPSA) is 90.6 Å². The average Bonchev–Trinajstić information content (AvgIpc) is 3.29. The molecule has 1 saturated heterocycles. The predicted octanol–water partition coefficient (Wildman–Crippen LogP) is 2.76. The molecule has 8 nitrogen and oxygen atoms in total. The Morgan fingerprint density at radius 2 is 1.90 bits per heavy atom. The van der Waals surface area contributed by atoms with E-state index in [1.54, 1.807) is 13.3 Å². The highest BCUT2D eigenvalue weighted by Crippen LogP contribution is 2.25. The highest BCUT2D eigenvalue weighted by atomic mass is 32.2. The second-order valence-electron chi connectivity index (χ2n) is 6.32. The van der Waals surface area contributed by atoms with Crippen molar-refractivity contribution in [3.05, 3.63) is 42.6 Å². The van der Waals surface area contributed by atoms with Crippen LogP contribution in [0, 0.1) is 0 Å². The summed E-state index contributed by atoms with van der Waals surface area (Å²) >= 11 is 1.41. The van der Waals surface area contributed by atoms with Gasteiger partial charge in [-0.1, -0.05) is 16.9 Å². The summed E-state index contributed by atoms with van der Waals surface area (Å²) in [5.41, 5.74) is 1.56. The van der Waals surface area contributed by atoms with Crippen molar-refractivity contribution >= 4 is 17.7 Å². The van der Waals surface area contributed by atoms with Crippen molar-refractivity contribution in [3.63, 3.8) is 0 Å². The number of aromatic nitrogens is 3. The van der Waals surface area contributed by atoms with E-state index in [-0.39, 0.29) is 5.91 Å². The lowest BCUT2D eigenvalue weighted by molar-refractivity contribution is -0.132. The van der Waals surface area contributed by atoms with Crippen LogP contribution in [0.4, 0.5) is 0 Å². The van der Waals surface area contributed by atoms with Crippen LogP contribution in [0.25, 0.3) is 22.8 Å². The first-order valence-electron chi connectivity index (χ1n) is 9.16. The quantitative estimate of drug-likeness (QED) is 0.571. The first-order valence-corrected chi connectivity index (χ1v) is 10.1. The number of rotatable bonds is 6. The number of pyridine rings is 1. The van der Waals surface area contributed by atoms with Crippen LogP contribution >= 0.6 is 11.8 Å². The summed E-state index contributed by atoms with van der Waals surface area (Å²) in [6, 6.07) is 11.1. The van der Waals surface area contributed by atoms with E-state index in [0.29, 0.717) is 43.8 Å². The first kappa shape index (κ1) is 19.4. The molecule has 2 aromatic heterocycles.